The lowest BCUT2D eigenvalue weighted by Gasteiger charge is -2.35. The number of sulfonamides is 1. The summed E-state index contributed by atoms with van der Waals surface area (Å²) in [6.07, 6.45) is 5.84. The third-order valence-corrected chi connectivity index (χ3v) is 12.0. The van der Waals surface area contributed by atoms with E-state index in [9.17, 15) is 27.6 Å². The van der Waals surface area contributed by atoms with Crippen molar-refractivity contribution in [1.82, 2.24) is 45.8 Å². The second kappa shape index (κ2) is 13.9. The van der Waals surface area contributed by atoms with Crippen LogP contribution in [0.4, 0.5) is 4.79 Å². The maximum absolute atomic E-state index is 14.4. The highest BCUT2D eigenvalue weighted by Gasteiger charge is 2.62. The molecule has 4 aliphatic rings. The Morgan fingerprint density at radius 2 is 1.92 bits per heavy atom. The smallest absolute Gasteiger partial charge is 0.315 e. The molecule has 6 bridgehead atoms. The van der Waals surface area contributed by atoms with Gasteiger partial charge in [-0.3, -0.25) is 19.1 Å². The van der Waals surface area contributed by atoms with E-state index in [0.29, 0.717) is 30.9 Å². The Morgan fingerprint density at radius 1 is 1.16 bits per heavy atom. The predicted octanol–water partition coefficient (Wildman–Crippen LogP) is 1.47. The van der Waals surface area contributed by atoms with E-state index in [4.69, 9.17) is 4.74 Å². The van der Waals surface area contributed by atoms with Crippen LogP contribution in [0.5, 0.6) is 5.75 Å². The number of amides is 5. The van der Waals surface area contributed by atoms with Crippen LogP contribution in [0.3, 0.4) is 0 Å². The number of aromatic nitrogens is 4. The van der Waals surface area contributed by atoms with Gasteiger partial charge in [0, 0.05) is 24.9 Å². The van der Waals surface area contributed by atoms with Gasteiger partial charge in [0.1, 0.15) is 23.4 Å². The molecule has 0 unspecified atom stereocenters. The summed E-state index contributed by atoms with van der Waals surface area (Å²) < 4.78 is 33.1. The minimum Gasteiger partial charge on any atom is -0.496 e. The van der Waals surface area contributed by atoms with Gasteiger partial charge >= 0.3 is 6.03 Å². The average Bonchev–Trinajstić information content (AvgIpc) is 3.96. The topological polar surface area (TPSA) is 207 Å². The molecule has 2 aliphatic carbocycles. The molecule has 0 spiro atoms. The molecule has 5 atom stereocenters. The van der Waals surface area contributed by atoms with Crippen molar-refractivity contribution in [2.75, 3.05) is 20.2 Å². The molecule has 6 rings (SSSR count). The Balaban J connectivity index is 1.33. The van der Waals surface area contributed by atoms with Crippen molar-refractivity contribution in [2.24, 2.45) is 11.3 Å². The number of ether oxygens (including phenoxy) is 1. The highest BCUT2D eigenvalue weighted by molar-refractivity contribution is 7.91. The van der Waals surface area contributed by atoms with Gasteiger partial charge in [0.15, 0.2) is 5.82 Å². The van der Waals surface area contributed by atoms with Gasteiger partial charge in [-0.25, -0.2) is 13.2 Å². The van der Waals surface area contributed by atoms with Crippen molar-refractivity contribution < 1.29 is 32.3 Å². The SMILES string of the molecule is C=C[C@@H]1C[C@]1(NC(=O)[C@@H]1C[C@@H]2CN1C(=O)[C@H](C(C)(C)C)NC(=O)NCCCCCc1cc(ccc1OC)-n1nnc2n1)C(=O)NS(=O)(=O)C1CC1. The number of hydrogen-bond acceptors (Lipinski definition) is 10. The zero-order valence-corrected chi connectivity index (χ0v) is 30.3. The molecule has 2 saturated carbocycles. The number of carbonyl (C=O) groups is 4. The molecular formula is C34H47N9O7S. The molecule has 1 saturated heterocycles. The van der Waals surface area contributed by atoms with Gasteiger partial charge in [-0.1, -0.05) is 33.3 Å². The molecule has 1 aromatic heterocycles. The number of hydrogen-bond donors (Lipinski definition) is 4. The van der Waals surface area contributed by atoms with Gasteiger partial charge in [0.05, 0.1) is 18.0 Å². The Kier molecular flexibility index (Phi) is 9.87. The van der Waals surface area contributed by atoms with Crippen LogP contribution >= 0.6 is 0 Å². The van der Waals surface area contributed by atoms with Gasteiger partial charge in [0.2, 0.25) is 21.8 Å². The number of nitrogens with one attached hydrogen (secondary N) is 4. The Bertz CT molecular complexity index is 1820. The number of urea groups is 1. The van der Waals surface area contributed by atoms with Crippen LogP contribution in [0.1, 0.15) is 83.0 Å². The largest absolute Gasteiger partial charge is 0.496 e. The molecule has 16 nitrogen and oxygen atoms in total. The number of aryl methyl sites for hydroxylation is 1. The van der Waals surface area contributed by atoms with Gasteiger partial charge in [-0.2, -0.15) is 0 Å². The molecule has 3 fully saturated rings. The number of benzene rings is 1. The third-order valence-electron chi connectivity index (χ3n) is 10.2. The first-order chi connectivity index (χ1) is 24.2. The Labute approximate surface area is 297 Å². The van der Waals surface area contributed by atoms with Crippen molar-refractivity contribution in [3.63, 3.8) is 0 Å². The molecular weight excluding hydrogens is 678 g/mol. The van der Waals surface area contributed by atoms with E-state index < -0.39 is 73.9 Å². The Hall–Kier alpha value is -4.54. The van der Waals surface area contributed by atoms with E-state index in [0.717, 1.165) is 37.0 Å². The number of fused-ring (bicyclic) bond motifs is 8. The van der Waals surface area contributed by atoms with Crippen molar-refractivity contribution in [3.05, 3.63) is 42.2 Å². The van der Waals surface area contributed by atoms with Gasteiger partial charge in [-0.15, -0.1) is 21.6 Å². The second-order valence-electron chi connectivity index (χ2n) is 15.1. The van der Waals surface area contributed by atoms with Crippen molar-refractivity contribution in [1.29, 1.82) is 0 Å². The van der Waals surface area contributed by atoms with E-state index in [1.165, 1.54) is 15.8 Å². The molecule has 0 radical (unpaired) electrons. The molecule has 5 amide bonds. The number of rotatable bonds is 7. The summed E-state index contributed by atoms with van der Waals surface area (Å²) in [6, 6.07) is 2.99. The van der Waals surface area contributed by atoms with E-state index in [1.54, 1.807) is 7.11 Å². The van der Waals surface area contributed by atoms with Crippen LogP contribution in [-0.4, -0.2) is 100 Å². The summed E-state index contributed by atoms with van der Waals surface area (Å²) >= 11 is 0. The summed E-state index contributed by atoms with van der Waals surface area (Å²) in [5.74, 6) is -1.94. The first-order valence-corrected chi connectivity index (χ1v) is 19.0. The van der Waals surface area contributed by atoms with Crippen LogP contribution in [-0.2, 0) is 30.8 Å². The Morgan fingerprint density at radius 3 is 2.59 bits per heavy atom. The molecule has 17 heteroatoms. The number of carbonyl (C=O) groups excluding carboxylic acids is 4. The zero-order chi connectivity index (χ0) is 36.7. The summed E-state index contributed by atoms with van der Waals surface area (Å²) in [5, 5.41) is 21.1. The standard InChI is InChI=1S/C34H47N9O7S/c1-6-22-18-34(22,31(46)40-51(48,49)24-12-13-24)37-29(44)25-17-21-19-42(25)30(45)27(33(2,3)4)36-32(47)35-15-9-7-8-10-20-16-23(11-14-26(20)50-5)43-39-28(21)38-41-43/h6,11,14,16,21-22,24-25,27H,1,7-10,12-13,15,17-19H2,2-5H3,(H,37,44)(H,40,46)(H2,35,36,47)/t21-,22-,25+,27-,34-/m1/s1. The summed E-state index contributed by atoms with van der Waals surface area (Å²) in [5.41, 5.74) is -0.640. The quantitative estimate of drug-likeness (QED) is 0.303. The lowest BCUT2D eigenvalue weighted by Crippen LogP contribution is -2.61. The average molecular weight is 726 g/mol. The van der Waals surface area contributed by atoms with Crippen LogP contribution < -0.4 is 25.4 Å². The van der Waals surface area contributed by atoms with Crippen molar-refractivity contribution in [2.45, 2.75) is 101 Å². The molecule has 2 aromatic rings. The first kappa shape index (κ1) is 36.3. The van der Waals surface area contributed by atoms with Gasteiger partial charge in [0.25, 0.3) is 5.91 Å². The summed E-state index contributed by atoms with van der Waals surface area (Å²) in [4.78, 5) is 58.0. The fourth-order valence-corrected chi connectivity index (χ4v) is 8.30. The van der Waals surface area contributed by atoms with E-state index >= 15 is 0 Å². The number of tetrazole rings is 1. The third kappa shape index (κ3) is 7.58. The van der Waals surface area contributed by atoms with Crippen molar-refractivity contribution >= 4 is 33.8 Å². The normalized spacial score (nSPS) is 27.2. The van der Waals surface area contributed by atoms with Crippen LogP contribution in [0.2, 0.25) is 0 Å². The van der Waals surface area contributed by atoms with Gasteiger partial charge < -0.3 is 25.6 Å². The maximum atomic E-state index is 14.4. The minimum absolute atomic E-state index is 0.0342. The van der Waals surface area contributed by atoms with Crippen LogP contribution in [0.15, 0.2) is 30.9 Å². The molecule has 3 heterocycles. The fraction of sp³-hybridized carbons (Fsp3) is 0.618. The highest BCUT2D eigenvalue weighted by Crippen LogP contribution is 2.46. The van der Waals surface area contributed by atoms with Crippen LogP contribution in [0, 0.1) is 11.3 Å². The van der Waals surface area contributed by atoms with Crippen molar-refractivity contribution in [3.8, 4) is 11.4 Å². The van der Waals surface area contributed by atoms with Gasteiger partial charge in [-0.05, 0) is 79.3 Å². The number of nitrogens with zero attached hydrogens (tertiary/aromatic N) is 5. The molecule has 51 heavy (non-hydrogen) atoms. The molecule has 1 aromatic carbocycles. The highest BCUT2D eigenvalue weighted by atomic mass is 32.2. The molecule has 2 aliphatic heterocycles. The lowest BCUT2D eigenvalue weighted by atomic mass is 9.85. The summed E-state index contributed by atoms with van der Waals surface area (Å²) in [6.45, 7) is 9.67. The molecule has 276 valence electrons. The molecule has 4 N–H and O–H groups in total. The van der Waals surface area contributed by atoms with E-state index in [2.05, 4.69) is 42.7 Å². The second-order valence-corrected chi connectivity index (χ2v) is 17.0. The monoisotopic (exact) mass is 725 g/mol. The number of methoxy groups -OCH3 is 1. The minimum atomic E-state index is -3.88. The van der Waals surface area contributed by atoms with Crippen LogP contribution in [0.25, 0.3) is 5.69 Å². The van der Waals surface area contributed by atoms with E-state index in [1.807, 2.05) is 39.0 Å². The maximum Gasteiger partial charge on any atom is 0.315 e. The summed E-state index contributed by atoms with van der Waals surface area (Å²) in [7, 11) is -2.27. The predicted molar refractivity (Wildman–Crippen MR) is 185 cm³/mol. The lowest BCUT2D eigenvalue weighted by molar-refractivity contribution is -0.142. The fourth-order valence-electron chi connectivity index (χ4n) is 6.93. The zero-order valence-electron chi connectivity index (χ0n) is 29.5. The van der Waals surface area contributed by atoms with E-state index in [-0.39, 0.29) is 19.4 Å². The first-order valence-electron chi connectivity index (χ1n) is 17.5.